The molecule has 15 heavy (non-hydrogen) atoms. The summed E-state index contributed by atoms with van der Waals surface area (Å²) >= 11 is 4.93. The van der Waals surface area contributed by atoms with Gasteiger partial charge in [-0.15, -0.1) is 0 Å². The topological polar surface area (TPSA) is 55.0 Å². The second-order valence-corrected chi connectivity index (χ2v) is 3.81. The number of hydrogen-bond acceptors (Lipinski definition) is 4. The number of anilines is 1. The van der Waals surface area contributed by atoms with Gasteiger partial charge in [0.2, 0.25) is 0 Å². The van der Waals surface area contributed by atoms with Crippen LogP contribution in [0.3, 0.4) is 0 Å². The lowest BCUT2D eigenvalue weighted by Crippen LogP contribution is -2.25. The fourth-order valence-electron chi connectivity index (χ4n) is 1.29. The number of rotatable bonds is 5. The normalized spacial score (nSPS) is 10.0. The first-order valence-corrected chi connectivity index (χ1v) is 5.39. The number of thiocarbonyl (C=S) groups is 1. The van der Waals surface area contributed by atoms with E-state index in [9.17, 15) is 0 Å². The van der Waals surface area contributed by atoms with Gasteiger partial charge in [-0.1, -0.05) is 25.6 Å². The third kappa shape index (κ3) is 3.13. The number of aromatic nitrogens is 2. The van der Waals surface area contributed by atoms with E-state index in [4.69, 9.17) is 18.0 Å². The van der Waals surface area contributed by atoms with Crippen LogP contribution in [0.25, 0.3) is 0 Å². The van der Waals surface area contributed by atoms with E-state index < -0.39 is 0 Å². The van der Waals surface area contributed by atoms with Crippen molar-refractivity contribution in [3.63, 3.8) is 0 Å². The van der Waals surface area contributed by atoms with Gasteiger partial charge in [0.25, 0.3) is 0 Å². The van der Waals surface area contributed by atoms with Crippen LogP contribution in [0.5, 0.6) is 0 Å². The standard InChI is InChI=1S/C10H16N4S/c1-3-4-7-14(2)10-8(9(11)15)12-5-6-13-10/h5-6H,3-4,7H2,1-2H3,(H2,11,15). The van der Waals surface area contributed by atoms with Gasteiger partial charge in [-0.05, 0) is 6.42 Å². The van der Waals surface area contributed by atoms with Crippen molar-refractivity contribution in [3.8, 4) is 0 Å². The minimum absolute atomic E-state index is 0.293. The Morgan fingerprint density at radius 1 is 1.47 bits per heavy atom. The second-order valence-electron chi connectivity index (χ2n) is 3.37. The van der Waals surface area contributed by atoms with E-state index in [1.54, 1.807) is 12.4 Å². The third-order valence-corrected chi connectivity index (χ3v) is 2.31. The molecule has 0 atom stereocenters. The summed E-state index contributed by atoms with van der Waals surface area (Å²) in [5.41, 5.74) is 6.19. The summed E-state index contributed by atoms with van der Waals surface area (Å²) in [7, 11) is 1.97. The maximum absolute atomic E-state index is 5.58. The molecule has 0 aromatic carbocycles. The largest absolute Gasteiger partial charge is 0.388 e. The Bertz CT molecular complexity index is 340. The van der Waals surface area contributed by atoms with Crippen LogP contribution in [0.2, 0.25) is 0 Å². The van der Waals surface area contributed by atoms with E-state index >= 15 is 0 Å². The van der Waals surface area contributed by atoms with Gasteiger partial charge in [0.1, 0.15) is 10.7 Å². The van der Waals surface area contributed by atoms with E-state index in [-0.39, 0.29) is 0 Å². The van der Waals surface area contributed by atoms with Crippen LogP contribution in [-0.4, -0.2) is 28.5 Å². The molecular weight excluding hydrogens is 208 g/mol. The SMILES string of the molecule is CCCCN(C)c1nccnc1C(N)=S. The number of hydrogen-bond donors (Lipinski definition) is 1. The third-order valence-electron chi connectivity index (χ3n) is 2.12. The lowest BCUT2D eigenvalue weighted by atomic mass is 10.3. The monoisotopic (exact) mass is 224 g/mol. The van der Waals surface area contributed by atoms with Crippen molar-refractivity contribution in [2.75, 3.05) is 18.5 Å². The van der Waals surface area contributed by atoms with Crippen molar-refractivity contribution in [1.29, 1.82) is 0 Å². The van der Waals surface area contributed by atoms with Crippen molar-refractivity contribution in [2.24, 2.45) is 5.73 Å². The van der Waals surface area contributed by atoms with Gasteiger partial charge in [0.05, 0.1) is 0 Å². The van der Waals surface area contributed by atoms with Gasteiger partial charge in [-0.25, -0.2) is 9.97 Å². The molecule has 0 saturated carbocycles. The van der Waals surface area contributed by atoms with E-state index in [1.807, 2.05) is 11.9 Å². The molecule has 1 heterocycles. The summed E-state index contributed by atoms with van der Waals surface area (Å²) < 4.78 is 0. The zero-order valence-corrected chi connectivity index (χ0v) is 9.92. The van der Waals surface area contributed by atoms with Crippen LogP contribution < -0.4 is 10.6 Å². The molecular formula is C10H16N4S. The Labute approximate surface area is 95.5 Å². The predicted octanol–water partition coefficient (Wildman–Crippen LogP) is 1.35. The van der Waals surface area contributed by atoms with E-state index in [0.29, 0.717) is 10.7 Å². The van der Waals surface area contributed by atoms with Crippen molar-refractivity contribution in [2.45, 2.75) is 19.8 Å². The molecule has 5 heteroatoms. The second kappa shape index (κ2) is 5.60. The molecule has 0 unspecified atom stereocenters. The first-order valence-electron chi connectivity index (χ1n) is 4.98. The minimum Gasteiger partial charge on any atom is -0.388 e. The summed E-state index contributed by atoms with van der Waals surface area (Å²) in [6, 6.07) is 0. The highest BCUT2D eigenvalue weighted by atomic mass is 32.1. The lowest BCUT2D eigenvalue weighted by Gasteiger charge is -2.19. The average Bonchev–Trinajstić information content (AvgIpc) is 2.25. The van der Waals surface area contributed by atoms with Crippen LogP contribution in [0.1, 0.15) is 25.5 Å². The zero-order chi connectivity index (χ0) is 11.3. The molecule has 1 rings (SSSR count). The highest BCUT2D eigenvalue weighted by Crippen LogP contribution is 2.13. The first-order chi connectivity index (χ1) is 7.16. The first kappa shape index (κ1) is 11.8. The molecule has 0 amide bonds. The van der Waals surface area contributed by atoms with Crippen molar-refractivity contribution >= 4 is 23.0 Å². The Hall–Kier alpha value is -1.23. The number of unbranched alkanes of at least 4 members (excludes halogenated alkanes) is 1. The molecule has 0 aliphatic rings. The Kier molecular flexibility index (Phi) is 4.42. The molecule has 1 aromatic heterocycles. The van der Waals surface area contributed by atoms with Crippen LogP contribution in [-0.2, 0) is 0 Å². The maximum Gasteiger partial charge on any atom is 0.157 e. The predicted molar refractivity (Wildman–Crippen MR) is 66.1 cm³/mol. The van der Waals surface area contributed by atoms with Crippen LogP contribution in [0.15, 0.2) is 12.4 Å². The molecule has 0 saturated heterocycles. The molecule has 1 aromatic rings. The zero-order valence-electron chi connectivity index (χ0n) is 9.10. The number of nitrogens with zero attached hydrogens (tertiary/aromatic N) is 3. The van der Waals surface area contributed by atoms with Gasteiger partial charge in [-0.2, -0.15) is 0 Å². The maximum atomic E-state index is 5.58. The van der Waals surface area contributed by atoms with Gasteiger partial charge in [-0.3, -0.25) is 0 Å². The molecule has 0 fully saturated rings. The van der Waals surface area contributed by atoms with Crippen molar-refractivity contribution in [1.82, 2.24) is 9.97 Å². The van der Waals surface area contributed by atoms with Gasteiger partial charge in [0.15, 0.2) is 5.82 Å². The quantitative estimate of drug-likeness (QED) is 0.765. The summed E-state index contributed by atoms with van der Waals surface area (Å²) in [6.45, 7) is 3.09. The smallest absolute Gasteiger partial charge is 0.157 e. The Morgan fingerprint density at radius 2 is 2.13 bits per heavy atom. The molecule has 0 radical (unpaired) electrons. The van der Waals surface area contributed by atoms with Gasteiger partial charge in [0, 0.05) is 26.0 Å². The van der Waals surface area contributed by atoms with E-state index in [0.717, 1.165) is 25.2 Å². The van der Waals surface area contributed by atoms with Crippen LogP contribution in [0, 0.1) is 0 Å². The lowest BCUT2D eigenvalue weighted by molar-refractivity contribution is 0.757. The van der Waals surface area contributed by atoms with E-state index in [1.165, 1.54) is 0 Å². The molecule has 0 bridgehead atoms. The van der Waals surface area contributed by atoms with Crippen molar-refractivity contribution in [3.05, 3.63) is 18.1 Å². The highest BCUT2D eigenvalue weighted by molar-refractivity contribution is 7.80. The Balaban J connectivity index is 2.87. The van der Waals surface area contributed by atoms with Crippen molar-refractivity contribution < 1.29 is 0 Å². The summed E-state index contributed by atoms with van der Waals surface area (Å²) in [5, 5.41) is 0. The molecule has 4 nitrogen and oxygen atoms in total. The fraction of sp³-hybridized carbons (Fsp3) is 0.500. The highest BCUT2D eigenvalue weighted by Gasteiger charge is 2.11. The van der Waals surface area contributed by atoms with E-state index in [2.05, 4.69) is 16.9 Å². The van der Waals surface area contributed by atoms with Crippen LogP contribution in [0.4, 0.5) is 5.82 Å². The average molecular weight is 224 g/mol. The molecule has 0 aliphatic heterocycles. The summed E-state index contributed by atoms with van der Waals surface area (Å²) in [4.78, 5) is 10.7. The van der Waals surface area contributed by atoms with Gasteiger partial charge >= 0.3 is 0 Å². The molecule has 0 aliphatic carbocycles. The summed E-state index contributed by atoms with van der Waals surface area (Å²) in [6.07, 6.45) is 5.52. The number of nitrogens with two attached hydrogens (primary N) is 1. The molecule has 0 spiro atoms. The molecule has 82 valence electrons. The Morgan fingerprint density at radius 3 is 2.73 bits per heavy atom. The summed E-state index contributed by atoms with van der Waals surface area (Å²) in [5.74, 6) is 0.762. The fourth-order valence-corrected chi connectivity index (χ4v) is 1.43. The van der Waals surface area contributed by atoms with Gasteiger partial charge < -0.3 is 10.6 Å². The van der Waals surface area contributed by atoms with Crippen LogP contribution >= 0.6 is 12.2 Å². The minimum atomic E-state index is 0.293. The molecule has 2 N–H and O–H groups in total.